The number of nitriles is 1. The van der Waals surface area contributed by atoms with Gasteiger partial charge < -0.3 is 5.32 Å². The van der Waals surface area contributed by atoms with E-state index in [4.69, 9.17) is 5.26 Å². The van der Waals surface area contributed by atoms with Crippen molar-refractivity contribution in [2.45, 2.75) is 19.9 Å². The third-order valence-corrected chi connectivity index (χ3v) is 2.47. The molecule has 0 unspecified atom stereocenters. The first-order valence-corrected chi connectivity index (χ1v) is 4.62. The van der Waals surface area contributed by atoms with Crippen LogP contribution in [0.1, 0.15) is 17.5 Å². The molecule has 0 aliphatic carbocycles. The first-order valence-electron chi connectivity index (χ1n) is 4.62. The average molecular weight is 189 g/mol. The Kier molecular flexibility index (Phi) is 2.01. The molecular weight excluding hydrogens is 178 g/mol. The second-order valence-corrected chi connectivity index (χ2v) is 3.43. The van der Waals surface area contributed by atoms with Crippen LogP contribution in [-0.2, 0) is 6.54 Å². The highest BCUT2D eigenvalue weighted by Gasteiger charge is 2.15. The second-order valence-electron chi connectivity index (χ2n) is 3.43. The van der Waals surface area contributed by atoms with Gasteiger partial charge in [-0.3, -0.25) is 9.36 Å². The quantitative estimate of drug-likeness (QED) is 0.658. The van der Waals surface area contributed by atoms with E-state index in [1.807, 2.05) is 0 Å². The number of nitrogens with one attached hydrogen (secondary N) is 1. The van der Waals surface area contributed by atoms with Gasteiger partial charge in [-0.2, -0.15) is 5.26 Å². The molecule has 0 saturated carbocycles. The summed E-state index contributed by atoms with van der Waals surface area (Å²) >= 11 is 0. The molecule has 0 aromatic carbocycles. The van der Waals surface area contributed by atoms with Crippen molar-refractivity contribution in [1.82, 2.24) is 4.57 Å². The van der Waals surface area contributed by atoms with E-state index in [2.05, 4.69) is 11.4 Å². The molecule has 2 heterocycles. The van der Waals surface area contributed by atoms with E-state index < -0.39 is 0 Å². The molecule has 0 bridgehead atoms. The van der Waals surface area contributed by atoms with Gasteiger partial charge in [-0.05, 0) is 18.9 Å². The van der Waals surface area contributed by atoms with Gasteiger partial charge in [-0.25, -0.2) is 0 Å². The lowest BCUT2D eigenvalue weighted by Gasteiger charge is -2.21. The van der Waals surface area contributed by atoms with Gasteiger partial charge in [0.25, 0.3) is 5.56 Å². The third-order valence-electron chi connectivity index (χ3n) is 2.47. The van der Waals surface area contributed by atoms with Gasteiger partial charge in [0.1, 0.15) is 11.9 Å². The van der Waals surface area contributed by atoms with Crippen LogP contribution in [0.25, 0.3) is 0 Å². The fourth-order valence-corrected chi connectivity index (χ4v) is 1.76. The molecule has 1 N–H and O–H groups in total. The van der Waals surface area contributed by atoms with Crippen molar-refractivity contribution in [2.24, 2.45) is 0 Å². The SMILES string of the molecule is Cc1cc(=O)n2c(c1C#N)NCCC2. The van der Waals surface area contributed by atoms with Crippen LogP contribution in [-0.4, -0.2) is 11.1 Å². The number of anilines is 1. The van der Waals surface area contributed by atoms with E-state index in [-0.39, 0.29) is 5.56 Å². The maximum atomic E-state index is 11.6. The Balaban J connectivity index is 2.75. The van der Waals surface area contributed by atoms with Crippen molar-refractivity contribution >= 4 is 5.82 Å². The molecule has 1 aromatic rings. The van der Waals surface area contributed by atoms with Crippen molar-refractivity contribution in [2.75, 3.05) is 11.9 Å². The van der Waals surface area contributed by atoms with Crippen molar-refractivity contribution in [3.8, 4) is 6.07 Å². The number of rotatable bonds is 0. The van der Waals surface area contributed by atoms with E-state index >= 15 is 0 Å². The third kappa shape index (κ3) is 1.18. The molecule has 0 radical (unpaired) electrons. The molecule has 14 heavy (non-hydrogen) atoms. The highest BCUT2D eigenvalue weighted by Crippen LogP contribution is 2.19. The first kappa shape index (κ1) is 8.82. The molecular formula is C10H11N3O. The van der Waals surface area contributed by atoms with E-state index in [1.54, 1.807) is 11.5 Å². The fourth-order valence-electron chi connectivity index (χ4n) is 1.76. The lowest BCUT2D eigenvalue weighted by molar-refractivity contribution is 0.607. The summed E-state index contributed by atoms with van der Waals surface area (Å²) in [4.78, 5) is 11.6. The number of hydrogen-bond acceptors (Lipinski definition) is 3. The van der Waals surface area contributed by atoms with Crippen LogP contribution in [0.3, 0.4) is 0 Å². The van der Waals surface area contributed by atoms with E-state index in [9.17, 15) is 4.79 Å². The molecule has 72 valence electrons. The lowest BCUT2D eigenvalue weighted by Crippen LogP contribution is -2.29. The summed E-state index contributed by atoms with van der Waals surface area (Å²) in [5.41, 5.74) is 1.31. The molecule has 2 rings (SSSR count). The molecule has 1 aliphatic rings. The Hall–Kier alpha value is -1.76. The zero-order chi connectivity index (χ0) is 10.1. The van der Waals surface area contributed by atoms with E-state index in [1.165, 1.54) is 6.07 Å². The van der Waals surface area contributed by atoms with Crippen LogP contribution >= 0.6 is 0 Å². The monoisotopic (exact) mass is 189 g/mol. The Bertz CT molecular complexity index is 467. The topological polar surface area (TPSA) is 57.8 Å². The minimum atomic E-state index is -0.0244. The summed E-state index contributed by atoms with van der Waals surface area (Å²) in [6, 6.07) is 3.65. The minimum absolute atomic E-state index is 0.0244. The Morgan fingerprint density at radius 3 is 3.14 bits per heavy atom. The molecule has 1 aliphatic heterocycles. The van der Waals surface area contributed by atoms with Gasteiger partial charge in [0, 0.05) is 19.2 Å². The molecule has 0 atom stereocenters. The molecule has 0 fully saturated rings. The maximum absolute atomic E-state index is 11.6. The number of aryl methyl sites for hydroxylation is 1. The van der Waals surface area contributed by atoms with Gasteiger partial charge >= 0.3 is 0 Å². The van der Waals surface area contributed by atoms with Crippen LogP contribution < -0.4 is 10.9 Å². The van der Waals surface area contributed by atoms with Crippen LogP contribution in [0.4, 0.5) is 5.82 Å². The van der Waals surface area contributed by atoms with Gasteiger partial charge in [-0.1, -0.05) is 0 Å². The van der Waals surface area contributed by atoms with Crippen LogP contribution in [0.15, 0.2) is 10.9 Å². The highest BCUT2D eigenvalue weighted by molar-refractivity contribution is 5.56. The van der Waals surface area contributed by atoms with Crippen LogP contribution in [0, 0.1) is 18.3 Å². The summed E-state index contributed by atoms with van der Waals surface area (Å²) in [7, 11) is 0. The average Bonchev–Trinajstić information content (AvgIpc) is 2.18. The fraction of sp³-hybridized carbons (Fsp3) is 0.400. The van der Waals surface area contributed by atoms with Crippen molar-refractivity contribution < 1.29 is 0 Å². The van der Waals surface area contributed by atoms with Crippen molar-refractivity contribution in [3.05, 3.63) is 27.5 Å². The van der Waals surface area contributed by atoms with Gasteiger partial charge in [0.05, 0.1) is 5.56 Å². The predicted octanol–water partition coefficient (Wildman–Crippen LogP) is 0.844. The Morgan fingerprint density at radius 1 is 1.64 bits per heavy atom. The zero-order valence-electron chi connectivity index (χ0n) is 8.00. The minimum Gasteiger partial charge on any atom is -0.370 e. The Labute approximate surface area is 81.8 Å². The molecule has 4 nitrogen and oxygen atoms in total. The normalized spacial score (nSPS) is 14.0. The van der Waals surface area contributed by atoms with Crippen molar-refractivity contribution in [3.63, 3.8) is 0 Å². The zero-order valence-corrected chi connectivity index (χ0v) is 8.00. The summed E-state index contributed by atoms with van der Waals surface area (Å²) in [5.74, 6) is 0.684. The molecule has 0 spiro atoms. The number of nitrogens with zero attached hydrogens (tertiary/aromatic N) is 2. The maximum Gasteiger partial charge on any atom is 0.252 e. The number of hydrogen-bond donors (Lipinski definition) is 1. The molecule has 1 aromatic heterocycles. The number of aromatic nitrogens is 1. The summed E-state index contributed by atoms with van der Waals surface area (Å²) in [5, 5.41) is 12.1. The molecule has 0 saturated heterocycles. The largest absolute Gasteiger partial charge is 0.370 e. The molecule has 4 heteroatoms. The van der Waals surface area contributed by atoms with Crippen LogP contribution in [0.2, 0.25) is 0 Å². The highest BCUT2D eigenvalue weighted by atomic mass is 16.1. The number of fused-ring (bicyclic) bond motifs is 1. The lowest BCUT2D eigenvalue weighted by atomic mass is 10.1. The van der Waals surface area contributed by atoms with Gasteiger partial charge in [0.2, 0.25) is 0 Å². The second kappa shape index (κ2) is 3.18. The summed E-state index contributed by atoms with van der Waals surface area (Å²) < 4.78 is 1.63. The molecule has 0 amide bonds. The standard InChI is InChI=1S/C10H11N3O/c1-7-5-9(14)13-4-2-3-12-10(13)8(7)6-11/h5,12H,2-4H2,1H3. The Morgan fingerprint density at radius 2 is 2.43 bits per heavy atom. The smallest absolute Gasteiger partial charge is 0.252 e. The predicted molar refractivity (Wildman–Crippen MR) is 53.3 cm³/mol. The van der Waals surface area contributed by atoms with Gasteiger partial charge in [-0.15, -0.1) is 0 Å². The van der Waals surface area contributed by atoms with Gasteiger partial charge in [0.15, 0.2) is 0 Å². The number of pyridine rings is 1. The van der Waals surface area contributed by atoms with E-state index in [0.29, 0.717) is 17.9 Å². The van der Waals surface area contributed by atoms with Crippen LogP contribution in [0.5, 0.6) is 0 Å². The van der Waals surface area contributed by atoms with E-state index in [0.717, 1.165) is 18.5 Å². The van der Waals surface area contributed by atoms with Crippen molar-refractivity contribution in [1.29, 1.82) is 5.26 Å². The summed E-state index contributed by atoms with van der Waals surface area (Å²) in [6.45, 7) is 3.32. The summed E-state index contributed by atoms with van der Waals surface area (Å²) in [6.07, 6.45) is 0.931. The first-order chi connectivity index (χ1) is 6.74.